The van der Waals surface area contributed by atoms with Gasteiger partial charge in [0.25, 0.3) is 0 Å². The first-order chi connectivity index (χ1) is 12.3. The van der Waals surface area contributed by atoms with Crippen LogP contribution in [0.25, 0.3) is 0 Å². The first kappa shape index (κ1) is 17.1. The molecule has 25 heavy (non-hydrogen) atoms. The maximum atomic E-state index is 9.62. The zero-order valence-electron chi connectivity index (χ0n) is 14.0. The molecular weight excluding hydrogens is 316 g/mol. The summed E-state index contributed by atoms with van der Waals surface area (Å²) in [4.78, 5) is 0. The SMILES string of the molecule is COc1ccc(OC2C=CC(C#Cc3ccccc3)OC2CO)cc1. The molecule has 0 saturated carbocycles. The molecule has 1 aliphatic heterocycles. The van der Waals surface area contributed by atoms with E-state index in [4.69, 9.17) is 14.2 Å². The zero-order chi connectivity index (χ0) is 17.5. The molecule has 0 aliphatic carbocycles. The Bertz CT molecular complexity index is 756. The molecule has 0 bridgehead atoms. The summed E-state index contributed by atoms with van der Waals surface area (Å²) in [5.74, 6) is 7.58. The molecule has 0 saturated heterocycles. The van der Waals surface area contributed by atoms with Gasteiger partial charge in [-0.1, -0.05) is 30.0 Å². The van der Waals surface area contributed by atoms with Gasteiger partial charge in [0, 0.05) is 5.56 Å². The van der Waals surface area contributed by atoms with Gasteiger partial charge in [0.15, 0.2) is 0 Å². The Labute approximate surface area is 147 Å². The largest absolute Gasteiger partial charge is 0.497 e. The molecule has 3 unspecified atom stereocenters. The van der Waals surface area contributed by atoms with E-state index in [9.17, 15) is 5.11 Å². The van der Waals surface area contributed by atoms with Crippen molar-refractivity contribution in [3.8, 4) is 23.3 Å². The Morgan fingerprint density at radius 3 is 2.40 bits per heavy atom. The first-order valence-corrected chi connectivity index (χ1v) is 8.10. The van der Waals surface area contributed by atoms with Gasteiger partial charge in [0.1, 0.15) is 29.8 Å². The van der Waals surface area contributed by atoms with Crippen molar-refractivity contribution in [3.63, 3.8) is 0 Å². The van der Waals surface area contributed by atoms with Crippen molar-refractivity contribution in [2.24, 2.45) is 0 Å². The zero-order valence-corrected chi connectivity index (χ0v) is 14.0. The molecule has 1 aliphatic rings. The summed E-state index contributed by atoms with van der Waals surface area (Å²) in [7, 11) is 1.62. The molecule has 2 aromatic rings. The molecule has 0 amide bonds. The molecule has 0 aromatic heterocycles. The van der Waals surface area contributed by atoms with Crippen molar-refractivity contribution >= 4 is 0 Å². The number of aliphatic hydroxyl groups excluding tert-OH is 1. The van der Waals surface area contributed by atoms with Crippen LogP contribution in [0.2, 0.25) is 0 Å². The van der Waals surface area contributed by atoms with E-state index in [0.717, 1.165) is 11.3 Å². The highest BCUT2D eigenvalue weighted by Gasteiger charge is 2.27. The van der Waals surface area contributed by atoms with E-state index in [-0.39, 0.29) is 18.8 Å². The van der Waals surface area contributed by atoms with E-state index in [2.05, 4.69) is 11.8 Å². The number of aliphatic hydroxyl groups is 1. The summed E-state index contributed by atoms with van der Waals surface area (Å²) in [6.07, 6.45) is 2.54. The van der Waals surface area contributed by atoms with Crippen molar-refractivity contribution < 1.29 is 19.3 Å². The van der Waals surface area contributed by atoms with E-state index >= 15 is 0 Å². The first-order valence-electron chi connectivity index (χ1n) is 8.10. The van der Waals surface area contributed by atoms with Crippen molar-refractivity contribution in [2.75, 3.05) is 13.7 Å². The Hall–Kier alpha value is -2.74. The normalized spacial score (nSPS) is 21.9. The number of benzene rings is 2. The van der Waals surface area contributed by atoms with E-state index < -0.39 is 6.10 Å². The van der Waals surface area contributed by atoms with Gasteiger partial charge in [-0.05, 0) is 48.6 Å². The fraction of sp³-hybridized carbons (Fsp3) is 0.238. The van der Waals surface area contributed by atoms with Crippen LogP contribution in [-0.4, -0.2) is 37.1 Å². The van der Waals surface area contributed by atoms with Gasteiger partial charge in [-0.25, -0.2) is 0 Å². The van der Waals surface area contributed by atoms with Crippen LogP contribution in [0.3, 0.4) is 0 Å². The van der Waals surface area contributed by atoms with E-state index in [1.807, 2.05) is 66.7 Å². The van der Waals surface area contributed by atoms with Crippen LogP contribution in [0, 0.1) is 11.8 Å². The second kappa shape index (κ2) is 8.39. The Morgan fingerprint density at radius 2 is 1.72 bits per heavy atom. The van der Waals surface area contributed by atoms with E-state index in [1.165, 1.54) is 0 Å². The molecule has 0 spiro atoms. The molecule has 4 heteroatoms. The van der Waals surface area contributed by atoms with Crippen molar-refractivity contribution in [1.82, 2.24) is 0 Å². The molecule has 3 atom stereocenters. The van der Waals surface area contributed by atoms with Crippen molar-refractivity contribution in [2.45, 2.75) is 18.3 Å². The van der Waals surface area contributed by atoms with Crippen LogP contribution in [0.4, 0.5) is 0 Å². The van der Waals surface area contributed by atoms with Crippen LogP contribution < -0.4 is 9.47 Å². The second-order valence-electron chi connectivity index (χ2n) is 5.56. The van der Waals surface area contributed by atoms with E-state index in [0.29, 0.717) is 5.75 Å². The molecule has 128 valence electrons. The number of methoxy groups -OCH3 is 1. The van der Waals surface area contributed by atoms with Crippen LogP contribution >= 0.6 is 0 Å². The Kier molecular flexibility index (Phi) is 5.73. The molecule has 1 heterocycles. The summed E-state index contributed by atoms with van der Waals surface area (Å²) >= 11 is 0. The average Bonchev–Trinajstić information content (AvgIpc) is 2.68. The maximum absolute atomic E-state index is 9.62. The number of hydrogen-bond donors (Lipinski definition) is 1. The van der Waals surface area contributed by atoms with Crippen LogP contribution in [0.1, 0.15) is 5.56 Å². The lowest BCUT2D eigenvalue weighted by Gasteiger charge is -2.29. The number of ether oxygens (including phenoxy) is 3. The lowest BCUT2D eigenvalue weighted by molar-refractivity contribution is -0.0549. The van der Waals surface area contributed by atoms with Gasteiger partial charge in [0.05, 0.1) is 13.7 Å². The average molecular weight is 336 g/mol. The van der Waals surface area contributed by atoms with Gasteiger partial charge < -0.3 is 19.3 Å². The second-order valence-corrected chi connectivity index (χ2v) is 5.56. The molecule has 0 radical (unpaired) electrons. The third-order valence-electron chi connectivity index (χ3n) is 3.81. The van der Waals surface area contributed by atoms with Crippen molar-refractivity contribution in [1.29, 1.82) is 0 Å². The standard InChI is InChI=1S/C21H20O4/c1-23-17-9-11-19(12-10-17)24-20-14-13-18(25-21(20)15-22)8-7-16-5-3-2-4-6-16/h2-6,9-14,18,20-22H,15H2,1H3. The van der Waals surface area contributed by atoms with Gasteiger partial charge >= 0.3 is 0 Å². The highest BCUT2D eigenvalue weighted by atomic mass is 16.6. The van der Waals surface area contributed by atoms with Gasteiger partial charge in [-0.15, -0.1) is 0 Å². The Balaban J connectivity index is 1.67. The highest BCUT2D eigenvalue weighted by Crippen LogP contribution is 2.22. The fourth-order valence-electron chi connectivity index (χ4n) is 2.48. The van der Waals surface area contributed by atoms with Gasteiger partial charge in [0.2, 0.25) is 0 Å². The fourth-order valence-corrected chi connectivity index (χ4v) is 2.48. The van der Waals surface area contributed by atoms with Crippen LogP contribution in [-0.2, 0) is 4.74 Å². The minimum Gasteiger partial charge on any atom is -0.497 e. The van der Waals surface area contributed by atoms with Gasteiger partial charge in [-0.3, -0.25) is 0 Å². The molecule has 4 nitrogen and oxygen atoms in total. The minimum atomic E-state index is -0.470. The van der Waals surface area contributed by atoms with Crippen LogP contribution in [0.5, 0.6) is 11.5 Å². The third kappa shape index (κ3) is 4.63. The number of rotatable bonds is 4. The topological polar surface area (TPSA) is 47.9 Å². The monoisotopic (exact) mass is 336 g/mol. The lowest BCUT2D eigenvalue weighted by atomic mass is 10.1. The maximum Gasteiger partial charge on any atom is 0.145 e. The summed E-state index contributed by atoms with van der Waals surface area (Å²) in [5.41, 5.74) is 0.927. The smallest absolute Gasteiger partial charge is 0.145 e. The van der Waals surface area contributed by atoms with E-state index in [1.54, 1.807) is 7.11 Å². The van der Waals surface area contributed by atoms with Crippen LogP contribution in [0.15, 0.2) is 66.7 Å². The molecule has 2 aromatic carbocycles. The lowest BCUT2D eigenvalue weighted by Crippen LogP contribution is -2.40. The Morgan fingerprint density at radius 1 is 1.00 bits per heavy atom. The number of hydrogen-bond acceptors (Lipinski definition) is 4. The van der Waals surface area contributed by atoms with Crippen molar-refractivity contribution in [3.05, 3.63) is 72.3 Å². The predicted octanol–water partition coefficient (Wildman–Crippen LogP) is 2.81. The molecule has 3 rings (SSSR count). The van der Waals surface area contributed by atoms with Gasteiger partial charge in [-0.2, -0.15) is 0 Å². The highest BCUT2D eigenvalue weighted by molar-refractivity contribution is 5.36. The minimum absolute atomic E-state index is 0.144. The summed E-state index contributed by atoms with van der Waals surface area (Å²) in [6, 6.07) is 17.0. The molecule has 0 fully saturated rings. The third-order valence-corrected chi connectivity index (χ3v) is 3.81. The molecular formula is C21H20O4. The summed E-state index contributed by atoms with van der Waals surface area (Å²) in [5, 5.41) is 9.62. The summed E-state index contributed by atoms with van der Waals surface area (Å²) < 4.78 is 16.9. The predicted molar refractivity (Wildman–Crippen MR) is 95.6 cm³/mol. The molecule has 1 N–H and O–H groups in total. The summed E-state index contributed by atoms with van der Waals surface area (Å²) in [6.45, 7) is -0.144. The quantitative estimate of drug-likeness (QED) is 0.689.